The number of rotatable bonds is 5. The van der Waals surface area contributed by atoms with Crippen LogP contribution in [0.1, 0.15) is 26.2 Å². The van der Waals surface area contributed by atoms with Gasteiger partial charge in [0.1, 0.15) is 23.5 Å². The molecule has 0 aliphatic heterocycles. The molecule has 0 spiro atoms. The van der Waals surface area contributed by atoms with Gasteiger partial charge in [-0.15, -0.1) is 0 Å². The van der Waals surface area contributed by atoms with E-state index >= 15 is 0 Å². The van der Waals surface area contributed by atoms with Crippen LogP contribution in [0.3, 0.4) is 0 Å². The van der Waals surface area contributed by atoms with Crippen molar-refractivity contribution in [2.45, 2.75) is 37.9 Å². The van der Waals surface area contributed by atoms with Crippen LogP contribution in [0.25, 0.3) is 0 Å². The Balaban J connectivity index is 2.06. The largest absolute Gasteiger partial charge is 0.411 e. The highest BCUT2D eigenvalue weighted by Gasteiger charge is 2.63. The van der Waals surface area contributed by atoms with Gasteiger partial charge in [0, 0.05) is 12.6 Å². The molecule has 100 valence electrons. The number of halogens is 3. The maximum Gasteiger partial charge on any atom is 0.411 e. The Labute approximate surface area is 103 Å². The molecule has 4 nitrogen and oxygen atoms in total. The van der Waals surface area contributed by atoms with Gasteiger partial charge in [-0.05, 0) is 19.3 Å². The second-order valence-corrected chi connectivity index (χ2v) is 4.42. The summed E-state index contributed by atoms with van der Waals surface area (Å²) in [5, 5.41) is 5.48. The summed E-state index contributed by atoms with van der Waals surface area (Å²) in [7, 11) is 0. The van der Waals surface area contributed by atoms with Crippen molar-refractivity contribution in [3.05, 3.63) is 12.4 Å². The highest BCUT2D eigenvalue weighted by atomic mass is 19.4. The quantitative estimate of drug-likeness (QED) is 0.854. The van der Waals surface area contributed by atoms with E-state index in [9.17, 15) is 13.2 Å². The molecule has 0 amide bonds. The van der Waals surface area contributed by atoms with Gasteiger partial charge >= 0.3 is 6.18 Å². The van der Waals surface area contributed by atoms with Crippen LogP contribution in [-0.4, -0.2) is 28.2 Å². The zero-order chi connectivity index (χ0) is 13.2. The van der Waals surface area contributed by atoms with E-state index in [1.807, 2.05) is 6.92 Å². The molecule has 7 heteroatoms. The molecule has 0 unspecified atom stereocenters. The molecule has 0 radical (unpaired) electrons. The Bertz CT molecular complexity index is 415. The molecule has 1 aliphatic rings. The van der Waals surface area contributed by atoms with Gasteiger partial charge in [-0.25, -0.2) is 9.97 Å². The van der Waals surface area contributed by atoms with Gasteiger partial charge in [0.05, 0.1) is 0 Å². The molecule has 2 N–H and O–H groups in total. The first-order valence-electron chi connectivity index (χ1n) is 5.88. The van der Waals surface area contributed by atoms with Gasteiger partial charge in [0.15, 0.2) is 0 Å². The van der Waals surface area contributed by atoms with Crippen molar-refractivity contribution >= 4 is 11.6 Å². The summed E-state index contributed by atoms with van der Waals surface area (Å²) in [6, 6.07) is 1.50. The Morgan fingerprint density at radius 2 is 1.94 bits per heavy atom. The van der Waals surface area contributed by atoms with Crippen LogP contribution < -0.4 is 10.6 Å². The zero-order valence-electron chi connectivity index (χ0n) is 10.0. The smallest absolute Gasteiger partial charge is 0.370 e. The highest BCUT2D eigenvalue weighted by molar-refractivity contribution is 5.49. The Morgan fingerprint density at radius 1 is 1.28 bits per heavy atom. The Hall–Kier alpha value is -1.53. The Kier molecular flexibility index (Phi) is 3.32. The van der Waals surface area contributed by atoms with E-state index < -0.39 is 11.7 Å². The SMILES string of the molecule is CCCNc1cc(NC2(C(F)(F)F)CC2)ncn1. The van der Waals surface area contributed by atoms with Crippen LogP contribution in [0.5, 0.6) is 0 Å². The van der Waals surface area contributed by atoms with Gasteiger partial charge in [-0.1, -0.05) is 6.92 Å². The van der Waals surface area contributed by atoms with E-state index in [2.05, 4.69) is 20.6 Å². The molecule has 2 rings (SSSR count). The van der Waals surface area contributed by atoms with Crippen LogP contribution in [-0.2, 0) is 0 Å². The molecule has 1 heterocycles. The topological polar surface area (TPSA) is 49.8 Å². The fourth-order valence-corrected chi connectivity index (χ4v) is 1.62. The second kappa shape index (κ2) is 4.62. The summed E-state index contributed by atoms with van der Waals surface area (Å²) in [5.74, 6) is 0.741. The van der Waals surface area contributed by atoms with Crippen LogP contribution in [0.4, 0.5) is 24.8 Å². The first-order chi connectivity index (χ1) is 8.47. The third-order valence-electron chi connectivity index (χ3n) is 2.88. The molecule has 1 saturated carbocycles. The highest BCUT2D eigenvalue weighted by Crippen LogP contribution is 2.50. The van der Waals surface area contributed by atoms with E-state index in [1.165, 1.54) is 12.4 Å². The van der Waals surface area contributed by atoms with Crippen LogP contribution in [0.2, 0.25) is 0 Å². The maximum absolute atomic E-state index is 12.8. The number of aromatic nitrogens is 2. The van der Waals surface area contributed by atoms with Crippen molar-refractivity contribution in [2.24, 2.45) is 0 Å². The van der Waals surface area contributed by atoms with Crippen molar-refractivity contribution in [3.8, 4) is 0 Å². The predicted octanol–water partition coefficient (Wildman–Crippen LogP) is 2.81. The van der Waals surface area contributed by atoms with Crippen molar-refractivity contribution in [1.29, 1.82) is 0 Å². The fraction of sp³-hybridized carbons (Fsp3) is 0.636. The van der Waals surface area contributed by atoms with Crippen LogP contribution in [0.15, 0.2) is 12.4 Å². The minimum atomic E-state index is -4.24. The third-order valence-corrected chi connectivity index (χ3v) is 2.88. The lowest BCUT2D eigenvalue weighted by Gasteiger charge is -2.21. The molecule has 0 aromatic carbocycles. The number of nitrogens with one attached hydrogen (secondary N) is 2. The summed E-state index contributed by atoms with van der Waals surface area (Å²) in [6.07, 6.45) is -1.88. The first-order valence-corrected chi connectivity index (χ1v) is 5.88. The lowest BCUT2D eigenvalue weighted by atomic mass is 10.2. The molecule has 18 heavy (non-hydrogen) atoms. The lowest BCUT2D eigenvalue weighted by molar-refractivity contribution is -0.151. The van der Waals surface area contributed by atoms with E-state index in [0.29, 0.717) is 5.82 Å². The number of hydrogen-bond donors (Lipinski definition) is 2. The standard InChI is InChI=1S/C11H15F3N4/c1-2-5-15-8-6-9(17-7-16-8)18-10(3-4-10)11(12,13)14/h6-7H,2-5H2,1H3,(H2,15,16,17,18). The van der Waals surface area contributed by atoms with Gasteiger partial charge in [-0.2, -0.15) is 13.2 Å². The molecule has 1 aromatic rings. The monoisotopic (exact) mass is 260 g/mol. The minimum absolute atomic E-state index is 0.0955. The molecule has 1 fully saturated rings. The number of anilines is 2. The number of nitrogens with zero attached hydrogens (tertiary/aromatic N) is 2. The normalized spacial score (nSPS) is 17.3. The summed E-state index contributed by atoms with van der Waals surface area (Å²) in [4.78, 5) is 7.77. The molecule has 0 bridgehead atoms. The van der Waals surface area contributed by atoms with Crippen molar-refractivity contribution < 1.29 is 13.2 Å². The first kappa shape index (κ1) is 12.9. The van der Waals surface area contributed by atoms with Gasteiger partial charge in [-0.3, -0.25) is 0 Å². The van der Waals surface area contributed by atoms with Crippen molar-refractivity contribution in [2.75, 3.05) is 17.2 Å². The lowest BCUT2D eigenvalue weighted by Crippen LogP contribution is -2.38. The molecule has 1 aromatic heterocycles. The average Bonchev–Trinajstić information content (AvgIpc) is 3.07. The van der Waals surface area contributed by atoms with Crippen molar-refractivity contribution in [3.63, 3.8) is 0 Å². The van der Waals surface area contributed by atoms with Gasteiger partial charge in [0.25, 0.3) is 0 Å². The minimum Gasteiger partial charge on any atom is -0.370 e. The molecular formula is C11H15F3N4. The fourth-order valence-electron chi connectivity index (χ4n) is 1.62. The zero-order valence-corrected chi connectivity index (χ0v) is 10.0. The second-order valence-electron chi connectivity index (χ2n) is 4.42. The number of hydrogen-bond acceptors (Lipinski definition) is 4. The maximum atomic E-state index is 12.8. The summed E-state index contributed by atoms with van der Waals surface area (Å²) in [6.45, 7) is 2.72. The molecule has 0 saturated heterocycles. The van der Waals surface area contributed by atoms with Gasteiger partial charge < -0.3 is 10.6 Å². The van der Waals surface area contributed by atoms with E-state index in [-0.39, 0.29) is 18.7 Å². The third kappa shape index (κ3) is 2.65. The predicted molar refractivity (Wildman–Crippen MR) is 62.5 cm³/mol. The molecular weight excluding hydrogens is 245 g/mol. The molecule has 1 aliphatic carbocycles. The summed E-state index contributed by atoms with van der Waals surface area (Å²) in [5.41, 5.74) is -1.79. The molecule has 0 atom stereocenters. The van der Waals surface area contributed by atoms with Gasteiger partial charge in [0.2, 0.25) is 0 Å². The van der Waals surface area contributed by atoms with E-state index in [1.54, 1.807) is 0 Å². The summed E-state index contributed by atoms with van der Waals surface area (Å²) >= 11 is 0. The average molecular weight is 260 g/mol. The Morgan fingerprint density at radius 3 is 2.50 bits per heavy atom. The van der Waals surface area contributed by atoms with Crippen molar-refractivity contribution in [1.82, 2.24) is 9.97 Å². The van der Waals surface area contributed by atoms with E-state index in [0.717, 1.165) is 13.0 Å². The van der Waals surface area contributed by atoms with E-state index in [4.69, 9.17) is 0 Å². The summed E-state index contributed by atoms with van der Waals surface area (Å²) < 4.78 is 38.3. The number of alkyl halides is 3. The van der Waals surface area contributed by atoms with Crippen LogP contribution >= 0.6 is 0 Å². The van der Waals surface area contributed by atoms with Crippen LogP contribution in [0, 0.1) is 0 Å².